The molecule has 1 aromatic carbocycles. The lowest BCUT2D eigenvalue weighted by Gasteiger charge is -2.23. The molecular weight excluding hydrogens is 375 g/mol. The van der Waals surface area contributed by atoms with Crippen LogP contribution < -0.4 is 10.6 Å². The van der Waals surface area contributed by atoms with Crippen molar-refractivity contribution in [2.24, 2.45) is 11.3 Å². The highest BCUT2D eigenvalue weighted by atomic mass is 127. The summed E-state index contributed by atoms with van der Waals surface area (Å²) in [5.74, 6) is 0.364. The summed E-state index contributed by atoms with van der Waals surface area (Å²) in [7, 11) is 0. The fraction of sp³-hybridized carbons (Fsp3) is 0.500. The van der Waals surface area contributed by atoms with E-state index in [9.17, 15) is 4.79 Å². The minimum absolute atomic E-state index is 0.169. The summed E-state index contributed by atoms with van der Waals surface area (Å²) in [5.41, 5.74) is 1.15. The van der Waals surface area contributed by atoms with Gasteiger partial charge >= 0.3 is 0 Å². The first-order valence-corrected chi connectivity index (χ1v) is 8.03. The predicted molar refractivity (Wildman–Crippen MR) is 85.4 cm³/mol. The number of carbonyl (C=O) groups excluding carboxylic acids is 1. The first-order chi connectivity index (χ1) is 9.11. The summed E-state index contributed by atoms with van der Waals surface area (Å²) in [6.45, 7) is 2.09. The number of anilines is 1. The Morgan fingerprint density at radius 1 is 1.42 bits per heavy atom. The van der Waals surface area contributed by atoms with Gasteiger partial charge in [0.1, 0.15) is 0 Å². The molecule has 1 unspecified atom stereocenters. The number of carbonyl (C=O) groups is 1. The number of benzene rings is 1. The molecule has 19 heavy (non-hydrogen) atoms. The van der Waals surface area contributed by atoms with Gasteiger partial charge in [0, 0.05) is 14.5 Å². The molecule has 1 atom stereocenters. The SMILES string of the molecule is O=C(Nc1ccc(Cl)cc1I)C1CC12CCNCC2. The molecule has 1 amide bonds. The Hall–Kier alpha value is -0.330. The minimum Gasteiger partial charge on any atom is -0.325 e. The van der Waals surface area contributed by atoms with Crippen LogP contribution in [0.1, 0.15) is 19.3 Å². The van der Waals surface area contributed by atoms with Crippen LogP contribution in [0.4, 0.5) is 5.69 Å². The Morgan fingerprint density at radius 3 is 2.84 bits per heavy atom. The monoisotopic (exact) mass is 390 g/mol. The number of hydrogen-bond acceptors (Lipinski definition) is 2. The molecule has 1 spiro atoms. The molecule has 1 saturated heterocycles. The minimum atomic E-state index is 0.169. The van der Waals surface area contributed by atoms with Crippen LogP contribution in [0.3, 0.4) is 0 Å². The molecule has 102 valence electrons. The van der Waals surface area contributed by atoms with Gasteiger partial charge in [0.15, 0.2) is 0 Å². The van der Waals surface area contributed by atoms with Crippen molar-refractivity contribution >= 4 is 45.8 Å². The van der Waals surface area contributed by atoms with Crippen molar-refractivity contribution in [1.82, 2.24) is 5.32 Å². The molecule has 2 aliphatic rings. The van der Waals surface area contributed by atoms with Gasteiger partial charge in [-0.3, -0.25) is 4.79 Å². The third-order valence-electron chi connectivity index (χ3n) is 4.29. The van der Waals surface area contributed by atoms with Crippen LogP contribution in [0.2, 0.25) is 5.02 Å². The molecule has 2 fully saturated rings. The fourth-order valence-electron chi connectivity index (χ4n) is 3.01. The van der Waals surface area contributed by atoms with E-state index in [4.69, 9.17) is 11.6 Å². The molecule has 1 aliphatic carbocycles. The number of hydrogen-bond donors (Lipinski definition) is 2. The lowest BCUT2D eigenvalue weighted by atomic mass is 9.92. The highest BCUT2D eigenvalue weighted by Crippen LogP contribution is 2.58. The quantitative estimate of drug-likeness (QED) is 0.761. The molecule has 3 rings (SSSR count). The first-order valence-electron chi connectivity index (χ1n) is 6.57. The first kappa shape index (κ1) is 13.6. The van der Waals surface area contributed by atoms with Crippen LogP contribution in [-0.2, 0) is 4.79 Å². The molecule has 0 aromatic heterocycles. The molecule has 1 aromatic rings. The van der Waals surface area contributed by atoms with E-state index >= 15 is 0 Å². The van der Waals surface area contributed by atoms with E-state index in [1.54, 1.807) is 0 Å². The van der Waals surface area contributed by atoms with Gasteiger partial charge in [-0.15, -0.1) is 0 Å². The summed E-state index contributed by atoms with van der Waals surface area (Å²) in [5, 5.41) is 7.10. The number of nitrogens with one attached hydrogen (secondary N) is 2. The van der Waals surface area contributed by atoms with Crippen LogP contribution in [0.25, 0.3) is 0 Å². The largest absolute Gasteiger partial charge is 0.325 e. The molecule has 1 saturated carbocycles. The van der Waals surface area contributed by atoms with Crippen LogP contribution in [-0.4, -0.2) is 19.0 Å². The maximum absolute atomic E-state index is 12.3. The fourth-order valence-corrected chi connectivity index (χ4v) is 4.01. The van der Waals surface area contributed by atoms with Crippen LogP contribution in [0.5, 0.6) is 0 Å². The number of rotatable bonds is 2. The van der Waals surface area contributed by atoms with E-state index in [1.807, 2.05) is 18.2 Å². The average Bonchev–Trinajstić information content (AvgIpc) is 3.07. The van der Waals surface area contributed by atoms with E-state index in [0.29, 0.717) is 5.02 Å². The Kier molecular flexibility index (Phi) is 3.75. The van der Waals surface area contributed by atoms with E-state index in [1.165, 1.54) is 0 Å². The van der Waals surface area contributed by atoms with E-state index in [0.717, 1.165) is 41.6 Å². The van der Waals surface area contributed by atoms with Gasteiger partial charge in [0.2, 0.25) is 5.91 Å². The molecule has 0 radical (unpaired) electrons. The van der Waals surface area contributed by atoms with Crippen molar-refractivity contribution in [3.05, 3.63) is 26.8 Å². The molecule has 1 heterocycles. The normalized spacial score (nSPS) is 24.2. The second kappa shape index (κ2) is 5.22. The smallest absolute Gasteiger partial charge is 0.228 e. The van der Waals surface area contributed by atoms with Gasteiger partial charge in [0.25, 0.3) is 0 Å². The van der Waals surface area contributed by atoms with Crippen molar-refractivity contribution in [3.8, 4) is 0 Å². The van der Waals surface area contributed by atoms with Gasteiger partial charge in [-0.05, 0) is 78.6 Å². The standard InChI is InChI=1S/C14H16ClIN2O/c15-9-1-2-12(11(16)7-9)18-13(19)10-8-14(10)3-5-17-6-4-14/h1-2,7,10,17H,3-6,8H2,(H,18,19). The van der Waals surface area contributed by atoms with Crippen molar-refractivity contribution in [3.63, 3.8) is 0 Å². The van der Waals surface area contributed by atoms with E-state index < -0.39 is 0 Å². The zero-order valence-electron chi connectivity index (χ0n) is 10.5. The zero-order valence-corrected chi connectivity index (χ0v) is 13.4. The Morgan fingerprint density at radius 2 is 2.16 bits per heavy atom. The summed E-state index contributed by atoms with van der Waals surface area (Å²) in [6, 6.07) is 5.55. The third kappa shape index (κ3) is 2.76. The van der Waals surface area contributed by atoms with Gasteiger partial charge in [0.05, 0.1) is 5.69 Å². The molecule has 0 bridgehead atoms. The maximum Gasteiger partial charge on any atom is 0.228 e. The molecule has 1 aliphatic heterocycles. The Balaban J connectivity index is 1.66. The number of amides is 1. The second-order valence-corrected chi connectivity index (χ2v) is 7.08. The highest BCUT2D eigenvalue weighted by Gasteiger charge is 2.57. The molecule has 2 N–H and O–H groups in total. The summed E-state index contributed by atoms with van der Waals surface area (Å²) >= 11 is 8.12. The summed E-state index contributed by atoms with van der Waals surface area (Å²) in [4.78, 5) is 12.3. The lowest BCUT2D eigenvalue weighted by molar-refractivity contribution is -0.118. The van der Waals surface area contributed by atoms with E-state index in [2.05, 4.69) is 33.2 Å². The third-order valence-corrected chi connectivity index (χ3v) is 5.42. The molecule has 3 nitrogen and oxygen atoms in total. The molecule has 5 heteroatoms. The Bertz CT molecular complexity index is 514. The molecular formula is C14H16ClIN2O. The average molecular weight is 391 g/mol. The summed E-state index contributed by atoms with van der Waals surface area (Å²) < 4.78 is 0.985. The van der Waals surface area contributed by atoms with Crippen molar-refractivity contribution in [1.29, 1.82) is 0 Å². The van der Waals surface area contributed by atoms with Gasteiger partial charge in [-0.2, -0.15) is 0 Å². The van der Waals surface area contributed by atoms with Crippen LogP contribution in [0, 0.1) is 14.9 Å². The number of halogens is 2. The zero-order chi connectivity index (χ0) is 13.5. The van der Waals surface area contributed by atoms with Crippen LogP contribution >= 0.6 is 34.2 Å². The van der Waals surface area contributed by atoms with Crippen molar-refractivity contribution in [2.75, 3.05) is 18.4 Å². The lowest BCUT2D eigenvalue weighted by Crippen LogP contribution is -2.31. The maximum atomic E-state index is 12.3. The number of piperidine rings is 1. The summed E-state index contributed by atoms with van der Waals surface area (Å²) in [6.07, 6.45) is 3.30. The topological polar surface area (TPSA) is 41.1 Å². The van der Waals surface area contributed by atoms with Crippen LogP contribution in [0.15, 0.2) is 18.2 Å². The van der Waals surface area contributed by atoms with E-state index in [-0.39, 0.29) is 17.2 Å². The predicted octanol–water partition coefficient (Wildman–Crippen LogP) is 3.27. The van der Waals surface area contributed by atoms with Gasteiger partial charge < -0.3 is 10.6 Å². The highest BCUT2D eigenvalue weighted by molar-refractivity contribution is 14.1. The van der Waals surface area contributed by atoms with Crippen molar-refractivity contribution < 1.29 is 4.79 Å². The van der Waals surface area contributed by atoms with Gasteiger partial charge in [-0.25, -0.2) is 0 Å². The van der Waals surface area contributed by atoms with Crippen molar-refractivity contribution in [2.45, 2.75) is 19.3 Å². The Labute approximate surface area is 131 Å². The second-order valence-electron chi connectivity index (χ2n) is 5.48. The van der Waals surface area contributed by atoms with Gasteiger partial charge in [-0.1, -0.05) is 11.6 Å².